The molecule has 174 valence electrons. The van der Waals surface area contributed by atoms with Crippen molar-refractivity contribution in [2.45, 2.75) is 34.6 Å². The summed E-state index contributed by atoms with van der Waals surface area (Å²) in [6, 6.07) is 20.1. The van der Waals surface area contributed by atoms with Crippen LogP contribution in [0.4, 0.5) is 17.1 Å². The Hall–Kier alpha value is -4.12. The van der Waals surface area contributed by atoms with Gasteiger partial charge in [0.1, 0.15) is 17.2 Å². The maximum atomic E-state index is 10.5. The van der Waals surface area contributed by atoms with Gasteiger partial charge in [0.25, 0.3) is 0 Å². The first-order valence-corrected chi connectivity index (χ1v) is 11.1. The summed E-state index contributed by atoms with van der Waals surface area (Å²) >= 11 is 0. The molecule has 5 nitrogen and oxygen atoms in total. The second kappa shape index (κ2) is 9.02. The average Bonchev–Trinajstić information content (AvgIpc) is 2.78. The molecule has 4 aromatic rings. The molecule has 0 radical (unpaired) electrons. The molecule has 0 aliphatic heterocycles. The predicted molar refractivity (Wildman–Crippen MR) is 136 cm³/mol. The predicted octanol–water partition coefficient (Wildman–Crippen LogP) is 7.61. The quantitative estimate of drug-likeness (QED) is 0.289. The average molecular weight is 456 g/mol. The lowest BCUT2D eigenvalue weighted by Crippen LogP contribution is -2.13. The minimum Gasteiger partial charge on any atom is -0.508 e. The van der Waals surface area contributed by atoms with Crippen molar-refractivity contribution in [1.29, 1.82) is 0 Å². The number of hydrogen-bond donors (Lipinski definition) is 3. The van der Waals surface area contributed by atoms with Crippen molar-refractivity contribution in [2.24, 2.45) is 0 Å². The molecule has 0 saturated heterocycles. The van der Waals surface area contributed by atoms with Crippen LogP contribution in [0.2, 0.25) is 0 Å². The Morgan fingerprint density at radius 3 is 1.68 bits per heavy atom. The van der Waals surface area contributed by atoms with Gasteiger partial charge in [-0.15, -0.1) is 0 Å². The Morgan fingerprint density at radius 2 is 1.12 bits per heavy atom. The van der Waals surface area contributed by atoms with Crippen LogP contribution < -0.4 is 9.64 Å². The zero-order chi connectivity index (χ0) is 24.6. The first-order chi connectivity index (χ1) is 16.2. The second-order valence-electron chi connectivity index (χ2n) is 8.71. The van der Waals surface area contributed by atoms with Gasteiger partial charge < -0.3 is 25.0 Å². The van der Waals surface area contributed by atoms with Crippen LogP contribution in [-0.4, -0.2) is 15.3 Å². The summed E-state index contributed by atoms with van der Waals surface area (Å²) in [5.74, 6) is 1.41. The molecule has 0 aliphatic carbocycles. The van der Waals surface area contributed by atoms with Crippen molar-refractivity contribution in [1.82, 2.24) is 0 Å². The van der Waals surface area contributed by atoms with Gasteiger partial charge >= 0.3 is 0 Å². The van der Waals surface area contributed by atoms with Gasteiger partial charge in [-0.1, -0.05) is 30.3 Å². The Balaban J connectivity index is 1.89. The molecule has 0 unspecified atom stereocenters. The van der Waals surface area contributed by atoms with E-state index < -0.39 is 0 Å². The number of hydrogen-bond acceptors (Lipinski definition) is 5. The second-order valence-corrected chi connectivity index (χ2v) is 8.71. The monoisotopic (exact) mass is 455 g/mol. The highest BCUT2D eigenvalue weighted by atomic mass is 16.5. The smallest absolute Gasteiger partial charge is 0.171 e. The van der Waals surface area contributed by atoms with E-state index in [4.69, 9.17) is 4.74 Å². The molecule has 0 saturated carbocycles. The number of benzene rings is 4. The maximum Gasteiger partial charge on any atom is 0.171 e. The van der Waals surface area contributed by atoms with Crippen LogP contribution in [0.3, 0.4) is 0 Å². The van der Waals surface area contributed by atoms with Crippen LogP contribution in [0.15, 0.2) is 66.7 Å². The van der Waals surface area contributed by atoms with Gasteiger partial charge in [-0.05, 0) is 80.6 Å². The van der Waals surface area contributed by atoms with Gasteiger partial charge in [0.15, 0.2) is 11.5 Å². The molecule has 0 aromatic heterocycles. The summed E-state index contributed by atoms with van der Waals surface area (Å²) in [5.41, 5.74) is 6.68. The van der Waals surface area contributed by atoms with E-state index >= 15 is 0 Å². The molecular formula is C29H29NO4. The topological polar surface area (TPSA) is 73.2 Å². The molecule has 4 aromatic carbocycles. The van der Waals surface area contributed by atoms with Crippen molar-refractivity contribution in [3.8, 4) is 28.7 Å². The van der Waals surface area contributed by atoms with Crippen LogP contribution in [0.1, 0.15) is 27.8 Å². The summed E-state index contributed by atoms with van der Waals surface area (Å²) < 4.78 is 6.07. The van der Waals surface area contributed by atoms with E-state index in [1.807, 2.05) is 82.0 Å². The number of nitrogens with zero attached hydrogens (tertiary/aromatic N) is 1. The van der Waals surface area contributed by atoms with Gasteiger partial charge in [-0.2, -0.15) is 0 Å². The highest BCUT2D eigenvalue weighted by Crippen LogP contribution is 2.44. The molecule has 0 aliphatic rings. The van der Waals surface area contributed by atoms with Crippen LogP contribution >= 0.6 is 0 Å². The van der Waals surface area contributed by atoms with Gasteiger partial charge in [0, 0.05) is 23.9 Å². The third-order valence-electron chi connectivity index (χ3n) is 6.00. The summed E-state index contributed by atoms with van der Waals surface area (Å²) in [5, 5.41) is 31.3. The van der Waals surface area contributed by atoms with Gasteiger partial charge in [-0.25, -0.2) is 0 Å². The number of phenolic OH excluding ortho intramolecular Hbond substituents is 3. The third kappa shape index (κ3) is 4.37. The highest BCUT2D eigenvalue weighted by molar-refractivity contribution is 5.82. The molecule has 0 fully saturated rings. The molecule has 0 heterocycles. The molecule has 0 bridgehead atoms. The minimum atomic E-state index is 0.0702. The normalized spacial score (nSPS) is 10.9. The maximum absolute atomic E-state index is 10.5. The Morgan fingerprint density at radius 1 is 0.559 bits per heavy atom. The number of ether oxygens (including phenoxy) is 1. The van der Waals surface area contributed by atoms with E-state index in [9.17, 15) is 15.3 Å². The lowest BCUT2D eigenvalue weighted by atomic mass is 10.0. The molecular weight excluding hydrogens is 426 g/mol. The number of anilines is 3. The van der Waals surface area contributed by atoms with E-state index in [0.29, 0.717) is 11.5 Å². The zero-order valence-electron chi connectivity index (χ0n) is 20.0. The third-order valence-corrected chi connectivity index (χ3v) is 6.00. The molecule has 0 spiro atoms. The number of rotatable bonds is 5. The molecule has 34 heavy (non-hydrogen) atoms. The van der Waals surface area contributed by atoms with Crippen LogP contribution in [0.5, 0.6) is 28.7 Å². The SMILES string of the molecule is Cc1cc(C)c(N(c2cccc(Oc3c(C)cccc3O)c2)c2cc(O)c(C)cc2C)cc1O. The minimum absolute atomic E-state index is 0.0702. The molecule has 4 rings (SSSR count). The first-order valence-electron chi connectivity index (χ1n) is 11.1. The van der Waals surface area contributed by atoms with E-state index in [2.05, 4.69) is 0 Å². The molecule has 0 amide bonds. The van der Waals surface area contributed by atoms with Crippen molar-refractivity contribution >= 4 is 17.1 Å². The summed E-state index contributed by atoms with van der Waals surface area (Å²) in [6.07, 6.45) is 0. The summed E-state index contributed by atoms with van der Waals surface area (Å²) in [7, 11) is 0. The van der Waals surface area contributed by atoms with Crippen LogP contribution in [0, 0.1) is 34.6 Å². The van der Waals surface area contributed by atoms with Gasteiger partial charge in [0.05, 0.1) is 11.4 Å². The first kappa shape index (κ1) is 23.1. The lowest BCUT2D eigenvalue weighted by Gasteiger charge is -2.29. The Bertz CT molecular complexity index is 1300. The van der Waals surface area contributed by atoms with E-state index in [-0.39, 0.29) is 17.2 Å². The number of para-hydroxylation sites is 1. The van der Waals surface area contributed by atoms with Crippen LogP contribution in [0.25, 0.3) is 0 Å². The molecule has 3 N–H and O–H groups in total. The van der Waals surface area contributed by atoms with Gasteiger partial charge in [0.2, 0.25) is 0 Å². The summed E-state index contributed by atoms with van der Waals surface area (Å²) in [4.78, 5) is 1.99. The standard InChI is InChI=1S/C29H29NO4/c1-17-8-6-11-26(31)29(17)34-23-10-7-9-22(14-23)30(24-15-27(32)20(4)12-18(24)2)25-16-28(33)21(5)13-19(25)3/h6-16,31-33H,1-5H3. The fraction of sp³-hybridized carbons (Fsp3) is 0.172. The number of aromatic hydroxyl groups is 3. The van der Waals surface area contributed by atoms with Crippen LogP contribution in [-0.2, 0) is 0 Å². The van der Waals surface area contributed by atoms with Gasteiger partial charge in [-0.3, -0.25) is 0 Å². The highest BCUT2D eigenvalue weighted by Gasteiger charge is 2.20. The van der Waals surface area contributed by atoms with Crippen molar-refractivity contribution in [3.63, 3.8) is 0 Å². The zero-order valence-corrected chi connectivity index (χ0v) is 20.0. The van der Waals surface area contributed by atoms with E-state index in [1.165, 1.54) is 0 Å². The molecule has 0 atom stereocenters. The van der Waals surface area contributed by atoms with Crippen molar-refractivity contribution < 1.29 is 20.1 Å². The van der Waals surface area contributed by atoms with Crippen molar-refractivity contribution in [2.75, 3.05) is 4.90 Å². The summed E-state index contributed by atoms with van der Waals surface area (Å²) in [6.45, 7) is 9.58. The molecule has 5 heteroatoms. The lowest BCUT2D eigenvalue weighted by molar-refractivity contribution is 0.409. The van der Waals surface area contributed by atoms with Crippen molar-refractivity contribution in [3.05, 3.63) is 94.5 Å². The van der Waals surface area contributed by atoms with E-state index in [0.717, 1.165) is 44.9 Å². The largest absolute Gasteiger partial charge is 0.508 e. The van der Waals surface area contributed by atoms with E-state index in [1.54, 1.807) is 24.3 Å². The number of aryl methyl sites for hydroxylation is 5. The fourth-order valence-electron chi connectivity index (χ4n) is 4.12. The Kier molecular flexibility index (Phi) is 6.12. The Labute approximate surface area is 200 Å². The fourth-order valence-corrected chi connectivity index (χ4v) is 4.12. The number of phenols is 3.